The van der Waals surface area contributed by atoms with E-state index in [2.05, 4.69) is 31.2 Å². The van der Waals surface area contributed by atoms with E-state index in [0.29, 0.717) is 45.0 Å². The molecule has 0 radical (unpaired) electrons. The van der Waals surface area contributed by atoms with Gasteiger partial charge in [0.15, 0.2) is 11.6 Å². The molecule has 15 heteroatoms. The smallest absolute Gasteiger partial charge is 0.319 e. The van der Waals surface area contributed by atoms with Gasteiger partial charge in [-0.2, -0.15) is 21.1 Å². The van der Waals surface area contributed by atoms with Gasteiger partial charge in [-0.3, -0.25) is 4.90 Å². The molecule has 5 heterocycles. The minimum atomic E-state index is -0.960. The Morgan fingerprint density at radius 2 is 2.09 bits per heavy atom. The first kappa shape index (κ1) is 31.1. The standard InChI is InChI=1S/C32H30ClF2N9O2S/c1-15(17-6-3-9-40-28(17)37)41-30-23-26(42-31(43-30)45-14-32-8-4-10-44(32)13-16(34)11-32)25(35)22(24(33)27(23)46-39)18-5-2-7-20-21(18)19(12-36)29(38)47-20/h2-3,5-7,9,15-16H,4,8,10-11,13-14,38-39H2,1H3,(H2,37,40)(H,41,42,43)/t15-,16-,32+/m1/s1. The summed E-state index contributed by atoms with van der Waals surface area (Å²) in [7, 11) is 0. The fraction of sp³-hybridized carbons (Fsp3) is 0.312. The predicted molar refractivity (Wildman–Crippen MR) is 179 cm³/mol. The third-order valence-corrected chi connectivity index (χ3v) is 10.5. The molecule has 0 amide bonds. The Morgan fingerprint density at radius 3 is 2.85 bits per heavy atom. The first-order valence-corrected chi connectivity index (χ1v) is 16.1. The monoisotopic (exact) mass is 677 g/mol. The molecule has 2 fully saturated rings. The molecule has 0 bridgehead atoms. The maximum absolute atomic E-state index is 17.0. The zero-order chi connectivity index (χ0) is 33.0. The number of hydrogen-bond acceptors (Lipinski definition) is 12. The summed E-state index contributed by atoms with van der Waals surface area (Å²) in [6, 6.07) is 10.2. The lowest BCUT2D eigenvalue weighted by molar-refractivity contribution is 0.107. The molecule has 0 unspecified atom stereocenters. The SMILES string of the molecule is C[C@@H](Nc1nc(OC[C@@]23CCCN2C[C@H](F)C3)nc2c(F)c(-c3cccc4sc(N)c(C#N)c34)c(Cl)c(ON)c12)c1cccnc1N. The lowest BCUT2D eigenvalue weighted by Crippen LogP contribution is -2.43. The number of nitrogens with zero attached hydrogens (tertiary/aromatic N) is 5. The minimum absolute atomic E-state index is 0.0586. The van der Waals surface area contributed by atoms with Crippen LogP contribution >= 0.6 is 22.9 Å². The van der Waals surface area contributed by atoms with Crippen LogP contribution in [0.1, 0.15) is 43.4 Å². The molecule has 2 aliphatic rings. The average molecular weight is 678 g/mol. The first-order chi connectivity index (χ1) is 22.7. The van der Waals surface area contributed by atoms with E-state index in [0.717, 1.165) is 19.4 Å². The summed E-state index contributed by atoms with van der Waals surface area (Å²) >= 11 is 8.11. The number of benzene rings is 2. The van der Waals surface area contributed by atoms with E-state index in [4.69, 9.17) is 38.5 Å². The van der Waals surface area contributed by atoms with E-state index in [9.17, 15) is 9.65 Å². The molecule has 2 saturated heterocycles. The van der Waals surface area contributed by atoms with Gasteiger partial charge in [-0.15, -0.1) is 11.3 Å². The second-order valence-corrected chi connectivity index (χ2v) is 13.3. The maximum Gasteiger partial charge on any atom is 0.319 e. The van der Waals surface area contributed by atoms with Crippen molar-refractivity contribution in [3.05, 3.63) is 58.5 Å². The summed E-state index contributed by atoms with van der Waals surface area (Å²) in [6.07, 6.45) is 2.63. The van der Waals surface area contributed by atoms with Crippen molar-refractivity contribution < 1.29 is 18.4 Å². The Labute approximate surface area is 277 Å². The van der Waals surface area contributed by atoms with Gasteiger partial charge in [-0.25, -0.2) is 13.8 Å². The zero-order valence-electron chi connectivity index (χ0n) is 25.2. The highest BCUT2D eigenvalue weighted by Gasteiger charge is 2.49. The van der Waals surface area contributed by atoms with E-state index in [1.54, 1.807) is 36.5 Å². The molecule has 11 nitrogen and oxygen atoms in total. The van der Waals surface area contributed by atoms with Crippen molar-refractivity contribution in [3.63, 3.8) is 0 Å². The van der Waals surface area contributed by atoms with Crippen LogP contribution in [0, 0.1) is 17.1 Å². The highest BCUT2D eigenvalue weighted by Crippen LogP contribution is 2.49. The number of anilines is 3. The minimum Gasteiger partial charge on any atom is -0.461 e. The van der Waals surface area contributed by atoms with Crippen LogP contribution in [0.15, 0.2) is 36.5 Å². The largest absolute Gasteiger partial charge is 0.461 e. The number of halogens is 3. The van der Waals surface area contributed by atoms with Crippen LogP contribution in [-0.2, 0) is 0 Å². The van der Waals surface area contributed by atoms with Crippen LogP contribution in [0.5, 0.6) is 11.8 Å². The third kappa shape index (κ3) is 5.10. The predicted octanol–water partition coefficient (Wildman–Crippen LogP) is 6.12. The van der Waals surface area contributed by atoms with E-state index in [1.807, 2.05) is 6.92 Å². The second kappa shape index (κ2) is 11.9. The number of thiophene rings is 1. The van der Waals surface area contributed by atoms with Crippen molar-refractivity contribution in [2.75, 3.05) is 36.5 Å². The van der Waals surface area contributed by atoms with Crippen molar-refractivity contribution in [1.29, 1.82) is 5.26 Å². The lowest BCUT2D eigenvalue weighted by atomic mass is 9.95. The molecule has 0 spiro atoms. The van der Waals surface area contributed by atoms with Crippen LogP contribution in [-0.4, -0.2) is 51.3 Å². The molecule has 2 aromatic carbocycles. The van der Waals surface area contributed by atoms with Crippen molar-refractivity contribution in [2.24, 2.45) is 5.90 Å². The molecule has 47 heavy (non-hydrogen) atoms. The Kier molecular flexibility index (Phi) is 7.88. The molecule has 2 aliphatic heterocycles. The molecule has 242 valence electrons. The summed E-state index contributed by atoms with van der Waals surface area (Å²) in [4.78, 5) is 20.7. The maximum atomic E-state index is 17.0. The van der Waals surface area contributed by atoms with Crippen molar-refractivity contribution in [1.82, 2.24) is 19.9 Å². The molecule has 3 aromatic heterocycles. The lowest BCUT2D eigenvalue weighted by Gasteiger charge is -2.31. The number of pyridine rings is 1. The number of fused-ring (bicyclic) bond motifs is 3. The van der Waals surface area contributed by atoms with Gasteiger partial charge in [-0.1, -0.05) is 29.8 Å². The van der Waals surface area contributed by atoms with Crippen LogP contribution < -0.4 is 32.3 Å². The van der Waals surface area contributed by atoms with Crippen molar-refractivity contribution in [3.8, 4) is 29.0 Å². The Morgan fingerprint density at radius 1 is 1.26 bits per heavy atom. The summed E-state index contributed by atoms with van der Waals surface area (Å²) in [5.74, 6) is 5.29. The van der Waals surface area contributed by atoms with Gasteiger partial charge in [0.2, 0.25) is 0 Å². The van der Waals surface area contributed by atoms with Crippen molar-refractivity contribution in [2.45, 2.75) is 43.9 Å². The summed E-state index contributed by atoms with van der Waals surface area (Å²) in [5.41, 5.74) is 12.7. The van der Waals surface area contributed by atoms with Gasteiger partial charge in [-0.05, 0) is 44.0 Å². The van der Waals surface area contributed by atoms with Gasteiger partial charge < -0.3 is 26.4 Å². The van der Waals surface area contributed by atoms with Gasteiger partial charge in [0.25, 0.3) is 0 Å². The molecule has 7 rings (SSSR count). The highest BCUT2D eigenvalue weighted by atomic mass is 35.5. The quantitative estimate of drug-likeness (QED) is 0.139. The third-order valence-electron chi connectivity index (χ3n) is 9.13. The molecule has 7 N–H and O–H groups in total. The number of nitrogen functional groups attached to an aromatic ring is 2. The number of alkyl halides is 1. The van der Waals surface area contributed by atoms with Gasteiger partial charge in [0.1, 0.15) is 41.0 Å². The first-order valence-electron chi connectivity index (χ1n) is 15.0. The average Bonchev–Trinajstić information content (AvgIpc) is 3.69. The number of rotatable bonds is 8. The molecule has 0 aliphatic carbocycles. The number of nitriles is 1. The second-order valence-electron chi connectivity index (χ2n) is 11.9. The van der Waals surface area contributed by atoms with Crippen LogP contribution in [0.3, 0.4) is 0 Å². The van der Waals surface area contributed by atoms with E-state index >= 15 is 4.39 Å². The van der Waals surface area contributed by atoms with Crippen molar-refractivity contribution >= 4 is 60.6 Å². The Balaban J connectivity index is 1.43. The number of nitrogens with two attached hydrogens (primary N) is 3. The number of aromatic nitrogens is 3. The Bertz CT molecular complexity index is 2090. The molecule has 3 atom stereocenters. The zero-order valence-corrected chi connectivity index (χ0v) is 26.8. The van der Waals surface area contributed by atoms with Gasteiger partial charge in [0, 0.05) is 40.4 Å². The molecule has 0 saturated carbocycles. The number of hydrogen-bond donors (Lipinski definition) is 4. The van der Waals surface area contributed by atoms with E-state index in [-0.39, 0.29) is 51.2 Å². The van der Waals surface area contributed by atoms with Crippen LogP contribution in [0.4, 0.5) is 25.4 Å². The number of nitrogens with one attached hydrogen (secondary N) is 1. The summed E-state index contributed by atoms with van der Waals surface area (Å²) < 4.78 is 38.4. The van der Waals surface area contributed by atoms with Crippen LogP contribution in [0.25, 0.3) is 32.1 Å². The van der Waals surface area contributed by atoms with Gasteiger partial charge in [0.05, 0.1) is 27.6 Å². The van der Waals surface area contributed by atoms with E-state index < -0.39 is 23.6 Å². The molecule has 5 aromatic rings. The number of ether oxygens (including phenoxy) is 1. The summed E-state index contributed by atoms with van der Waals surface area (Å²) in [5, 5.41) is 13.8. The van der Waals surface area contributed by atoms with Crippen LogP contribution in [0.2, 0.25) is 5.02 Å². The Hall–Kier alpha value is -4.55. The molecular weight excluding hydrogens is 648 g/mol. The highest BCUT2D eigenvalue weighted by molar-refractivity contribution is 7.23. The topological polar surface area (TPSA) is 174 Å². The summed E-state index contributed by atoms with van der Waals surface area (Å²) in [6.45, 7) is 3.06. The fourth-order valence-electron chi connectivity index (χ4n) is 6.98. The fourth-order valence-corrected chi connectivity index (χ4v) is 8.25. The van der Waals surface area contributed by atoms with E-state index in [1.165, 1.54) is 11.3 Å². The van der Waals surface area contributed by atoms with Gasteiger partial charge >= 0.3 is 6.01 Å². The normalized spacial score (nSPS) is 20.0. The molecular formula is C32H30ClF2N9O2S.